The number of aliphatic hydroxyl groups is 3. The van der Waals surface area contributed by atoms with Gasteiger partial charge in [0.2, 0.25) is 18.1 Å². The Morgan fingerprint density at radius 2 is 1.63 bits per heavy atom. The maximum Gasteiger partial charge on any atom is 0.335 e. The summed E-state index contributed by atoms with van der Waals surface area (Å²) in [5, 5.41) is 45.2. The van der Waals surface area contributed by atoms with Gasteiger partial charge in [-0.3, -0.25) is 28.9 Å². The maximum atomic E-state index is 12.9. The zero-order chi connectivity index (χ0) is 36.3. The molecule has 1 aromatic carbocycles. The van der Waals surface area contributed by atoms with Crippen molar-refractivity contribution in [2.24, 2.45) is 5.41 Å². The molecule has 0 unspecified atom stereocenters. The number of esters is 1. The number of hydrogen-bond donors (Lipinski definition) is 6. The highest BCUT2D eigenvalue weighted by Crippen LogP contribution is 2.31. The van der Waals surface area contributed by atoms with Crippen molar-refractivity contribution < 1.29 is 63.4 Å². The number of benzene rings is 1. The Morgan fingerprint density at radius 3 is 2.29 bits per heavy atom. The Hall–Kier alpha value is -4.64. The number of imide groups is 1. The van der Waals surface area contributed by atoms with Gasteiger partial charge in [-0.25, -0.2) is 4.79 Å². The molecular weight excluding hydrogens is 646 g/mol. The molecule has 16 nitrogen and oxygen atoms in total. The van der Waals surface area contributed by atoms with Crippen LogP contribution < -0.4 is 15.4 Å². The lowest BCUT2D eigenvalue weighted by molar-refractivity contribution is -0.271. The van der Waals surface area contributed by atoms with Gasteiger partial charge in [-0.1, -0.05) is 18.6 Å². The van der Waals surface area contributed by atoms with Gasteiger partial charge in [0, 0.05) is 38.1 Å². The number of ether oxygens (including phenoxy) is 3. The van der Waals surface area contributed by atoms with Crippen LogP contribution in [0.5, 0.6) is 5.75 Å². The van der Waals surface area contributed by atoms with Gasteiger partial charge in [0.05, 0.1) is 11.1 Å². The Morgan fingerprint density at radius 1 is 0.939 bits per heavy atom. The predicted molar refractivity (Wildman–Crippen MR) is 171 cm³/mol. The first kappa shape index (κ1) is 38.8. The average molecular weight is 690 g/mol. The zero-order valence-corrected chi connectivity index (χ0v) is 27.5. The number of anilines is 1. The molecule has 5 atom stereocenters. The third kappa shape index (κ3) is 11.5. The third-order valence-electron chi connectivity index (χ3n) is 7.43. The van der Waals surface area contributed by atoms with E-state index < -0.39 is 54.0 Å². The maximum absolute atomic E-state index is 12.9. The van der Waals surface area contributed by atoms with Crippen LogP contribution in [0.3, 0.4) is 0 Å². The van der Waals surface area contributed by atoms with Crippen molar-refractivity contribution >= 4 is 47.3 Å². The highest BCUT2D eigenvalue weighted by Gasteiger charge is 2.48. The van der Waals surface area contributed by atoms with Crippen LogP contribution in [-0.2, 0) is 38.2 Å². The summed E-state index contributed by atoms with van der Waals surface area (Å²) in [5.41, 5.74) is -0.0879. The monoisotopic (exact) mass is 689 g/mol. The summed E-state index contributed by atoms with van der Waals surface area (Å²) in [7, 11) is 0. The molecule has 4 amide bonds. The predicted octanol–water partition coefficient (Wildman–Crippen LogP) is 0.490. The second-order valence-electron chi connectivity index (χ2n) is 12.5. The Kier molecular flexibility index (Phi) is 14.0. The number of carboxylic acids is 1. The molecule has 6 N–H and O–H groups in total. The van der Waals surface area contributed by atoms with E-state index in [4.69, 9.17) is 14.2 Å². The van der Waals surface area contributed by atoms with Crippen molar-refractivity contribution in [3.05, 3.63) is 42.0 Å². The molecule has 1 saturated heterocycles. The molecule has 0 aromatic heterocycles. The summed E-state index contributed by atoms with van der Waals surface area (Å²) in [6.07, 6.45) is -1.98. The van der Waals surface area contributed by atoms with E-state index in [-0.39, 0.29) is 61.7 Å². The van der Waals surface area contributed by atoms with Crippen molar-refractivity contribution in [2.45, 2.75) is 83.6 Å². The molecule has 1 aromatic rings. The largest absolute Gasteiger partial charge is 0.479 e. The topological polar surface area (TPSA) is 238 Å². The number of carboxylic acid groups (broad SMARTS) is 1. The first-order valence-electron chi connectivity index (χ1n) is 15.8. The van der Waals surface area contributed by atoms with E-state index in [0.717, 1.165) is 4.90 Å². The van der Waals surface area contributed by atoms with E-state index in [1.807, 2.05) is 0 Å². The molecule has 2 aliphatic heterocycles. The fourth-order valence-corrected chi connectivity index (χ4v) is 4.65. The van der Waals surface area contributed by atoms with Gasteiger partial charge < -0.3 is 45.3 Å². The Balaban J connectivity index is 1.58. The minimum absolute atomic E-state index is 0.00311. The van der Waals surface area contributed by atoms with Crippen LogP contribution in [0.1, 0.15) is 58.4 Å². The van der Waals surface area contributed by atoms with E-state index in [1.54, 1.807) is 39.0 Å². The van der Waals surface area contributed by atoms with Crippen LogP contribution in [0.2, 0.25) is 0 Å². The summed E-state index contributed by atoms with van der Waals surface area (Å²) in [5.74, 6) is -3.60. The minimum atomic E-state index is -1.93. The van der Waals surface area contributed by atoms with Crippen LogP contribution >= 0.6 is 0 Å². The molecule has 0 spiro atoms. The molecule has 0 saturated carbocycles. The lowest BCUT2D eigenvalue weighted by Gasteiger charge is -2.38. The van der Waals surface area contributed by atoms with Crippen molar-refractivity contribution in [1.29, 1.82) is 0 Å². The molecule has 16 heteroatoms. The third-order valence-corrected chi connectivity index (χ3v) is 7.43. The lowest BCUT2D eigenvalue weighted by atomic mass is 9.97. The molecule has 0 bridgehead atoms. The van der Waals surface area contributed by atoms with Gasteiger partial charge >= 0.3 is 11.9 Å². The van der Waals surface area contributed by atoms with Crippen LogP contribution in [-0.4, -0.2) is 111 Å². The van der Waals surface area contributed by atoms with E-state index in [1.165, 1.54) is 24.3 Å². The molecule has 268 valence electrons. The van der Waals surface area contributed by atoms with Crippen molar-refractivity contribution in [3.63, 3.8) is 0 Å². The molecular formula is C33H43N3O13. The van der Waals surface area contributed by atoms with Crippen LogP contribution in [0.25, 0.3) is 6.08 Å². The number of amides is 4. The highest BCUT2D eigenvalue weighted by atomic mass is 16.7. The summed E-state index contributed by atoms with van der Waals surface area (Å²) >= 11 is 0. The number of carbonyl (C=O) groups excluding carboxylic acids is 5. The summed E-state index contributed by atoms with van der Waals surface area (Å²) < 4.78 is 16.1. The normalized spacial score (nSPS) is 22.3. The fourth-order valence-electron chi connectivity index (χ4n) is 4.65. The quantitative estimate of drug-likeness (QED) is 0.0788. The van der Waals surface area contributed by atoms with Gasteiger partial charge in [-0.2, -0.15) is 0 Å². The molecule has 1 fully saturated rings. The second kappa shape index (κ2) is 17.7. The van der Waals surface area contributed by atoms with E-state index >= 15 is 0 Å². The van der Waals surface area contributed by atoms with Gasteiger partial charge in [0.1, 0.15) is 30.7 Å². The zero-order valence-electron chi connectivity index (χ0n) is 27.5. The van der Waals surface area contributed by atoms with Crippen molar-refractivity contribution in [1.82, 2.24) is 10.2 Å². The second-order valence-corrected chi connectivity index (χ2v) is 12.5. The number of carbonyl (C=O) groups is 6. The number of unbranched alkanes of at least 4 members (excludes halogenated alkanes) is 2. The number of aliphatic hydroxyl groups excluding tert-OH is 3. The first-order chi connectivity index (χ1) is 23.1. The molecule has 0 radical (unpaired) electrons. The highest BCUT2D eigenvalue weighted by molar-refractivity contribution is 6.12. The Bertz CT molecular complexity index is 1430. The lowest BCUT2D eigenvalue weighted by Crippen LogP contribution is -2.61. The van der Waals surface area contributed by atoms with E-state index in [9.17, 15) is 49.2 Å². The number of aliphatic carboxylic acids is 1. The summed E-state index contributed by atoms with van der Waals surface area (Å²) in [6.45, 7) is 5.40. The van der Waals surface area contributed by atoms with Crippen molar-refractivity contribution in [2.75, 3.05) is 25.0 Å². The number of rotatable bonds is 16. The number of nitrogens with zero attached hydrogens (tertiary/aromatic N) is 1. The standard InChI is InChI=1S/C33H43N3O13/c1-33(2,3)32(46)47-17-7-8-19-10-11-21(48-31-28(43)26(41)27(42)29(49-31)30(44)45)20(18-19)35-23(38)14-15-34-22(37)9-5-4-6-16-36-24(39)12-13-25(36)40/h7-8,10-13,18,26-29,31,41-43H,4-6,9,14-17H2,1-3H3,(H,34,37)(H,35,38)(H,44,45)/b8-7+/t26-,27-,28+,29-,31+/m0/s1. The fraction of sp³-hybridized carbons (Fsp3) is 0.515. The SMILES string of the molecule is CC(C)(C)C(=O)OC/C=C/c1ccc(O[C@@H]2O[C@H](C(=O)O)[C@@H](O)[C@H](O)[C@H]2O)c(NC(=O)CCNC(=O)CCCCCN2C(=O)C=CC2=O)c1. The van der Waals surface area contributed by atoms with Gasteiger partial charge in [0.25, 0.3) is 11.8 Å². The Labute approximate surface area is 282 Å². The van der Waals surface area contributed by atoms with Gasteiger partial charge in [-0.15, -0.1) is 0 Å². The molecule has 0 aliphatic carbocycles. The van der Waals surface area contributed by atoms with Crippen LogP contribution in [0.4, 0.5) is 5.69 Å². The number of hydrogen-bond acceptors (Lipinski definition) is 12. The molecule has 2 heterocycles. The van der Waals surface area contributed by atoms with Crippen molar-refractivity contribution in [3.8, 4) is 5.75 Å². The minimum Gasteiger partial charge on any atom is -0.479 e. The average Bonchev–Trinajstić information content (AvgIpc) is 3.35. The summed E-state index contributed by atoms with van der Waals surface area (Å²) in [6, 6.07) is 4.44. The van der Waals surface area contributed by atoms with Crippen LogP contribution in [0, 0.1) is 5.41 Å². The van der Waals surface area contributed by atoms with E-state index in [0.29, 0.717) is 24.8 Å². The van der Waals surface area contributed by atoms with Crippen LogP contribution in [0.15, 0.2) is 36.4 Å². The first-order valence-corrected chi connectivity index (χ1v) is 15.8. The van der Waals surface area contributed by atoms with Gasteiger partial charge in [0.15, 0.2) is 6.10 Å². The molecule has 3 rings (SSSR count). The smallest absolute Gasteiger partial charge is 0.335 e. The van der Waals surface area contributed by atoms with Gasteiger partial charge in [-0.05, 0) is 57.4 Å². The number of nitrogens with one attached hydrogen (secondary N) is 2. The summed E-state index contributed by atoms with van der Waals surface area (Å²) in [4.78, 5) is 73.0. The molecule has 2 aliphatic rings. The van der Waals surface area contributed by atoms with E-state index in [2.05, 4.69) is 10.6 Å². The molecule has 49 heavy (non-hydrogen) atoms.